The fraction of sp³-hybridized carbons (Fsp3) is 0.500. The molecule has 0 saturated carbocycles. The zero-order valence-electron chi connectivity index (χ0n) is 9.55. The Labute approximate surface area is 109 Å². The topological polar surface area (TPSA) is 21.3 Å². The highest BCUT2D eigenvalue weighted by Crippen LogP contribution is 2.38. The van der Waals surface area contributed by atoms with Gasteiger partial charge in [0, 0.05) is 6.54 Å². The van der Waals surface area contributed by atoms with Crippen LogP contribution in [0.3, 0.4) is 0 Å². The van der Waals surface area contributed by atoms with E-state index in [0.29, 0.717) is 5.92 Å². The van der Waals surface area contributed by atoms with Crippen molar-refractivity contribution in [2.45, 2.75) is 17.2 Å². The summed E-state index contributed by atoms with van der Waals surface area (Å²) in [5.41, 5.74) is 1.40. The van der Waals surface area contributed by atoms with Gasteiger partial charge in [0.2, 0.25) is 0 Å². The summed E-state index contributed by atoms with van der Waals surface area (Å²) in [6.07, 6.45) is 3.31. The maximum atomic E-state index is 5.40. The number of benzene rings is 1. The molecule has 0 amide bonds. The third-order valence-corrected chi connectivity index (χ3v) is 4.32. The molecule has 2 nitrogen and oxygen atoms in total. The van der Waals surface area contributed by atoms with Crippen LogP contribution in [-0.4, -0.2) is 26.5 Å². The van der Waals surface area contributed by atoms with Crippen LogP contribution in [0, 0.1) is 0 Å². The molecule has 1 saturated heterocycles. The standard InChI is InChI=1S/C12H16BrNOS/c1-15-12-10(13)5-9(6-11(12)16-2)8-3-4-14-7-8/h5-6,8,14H,3-4,7H2,1-2H3. The fourth-order valence-corrected chi connectivity index (χ4v) is 3.52. The summed E-state index contributed by atoms with van der Waals surface area (Å²) in [5, 5.41) is 3.40. The molecule has 1 aromatic carbocycles. The summed E-state index contributed by atoms with van der Waals surface area (Å²) in [6, 6.07) is 4.45. The lowest BCUT2D eigenvalue weighted by Gasteiger charge is -2.14. The lowest BCUT2D eigenvalue weighted by atomic mass is 9.98. The van der Waals surface area contributed by atoms with Crippen molar-refractivity contribution in [2.75, 3.05) is 26.5 Å². The van der Waals surface area contributed by atoms with Crippen molar-refractivity contribution in [1.82, 2.24) is 5.32 Å². The van der Waals surface area contributed by atoms with E-state index < -0.39 is 0 Å². The van der Waals surface area contributed by atoms with Gasteiger partial charge in [-0.1, -0.05) is 0 Å². The number of rotatable bonds is 3. The van der Waals surface area contributed by atoms with Gasteiger partial charge in [-0.2, -0.15) is 0 Å². The molecule has 0 aliphatic carbocycles. The van der Waals surface area contributed by atoms with E-state index in [1.54, 1.807) is 18.9 Å². The average Bonchev–Trinajstić information content (AvgIpc) is 2.81. The minimum Gasteiger partial charge on any atom is -0.494 e. The zero-order chi connectivity index (χ0) is 11.5. The highest BCUT2D eigenvalue weighted by Gasteiger charge is 2.19. The van der Waals surface area contributed by atoms with Gasteiger partial charge >= 0.3 is 0 Å². The fourth-order valence-electron chi connectivity index (χ4n) is 2.11. The Hall–Kier alpha value is -0.190. The molecule has 16 heavy (non-hydrogen) atoms. The van der Waals surface area contributed by atoms with Gasteiger partial charge < -0.3 is 10.1 Å². The Morgan fingerprint density at radius 1 is 1.50 bits per heavy atom. The Kier molecular flexibility index (Phi) is 4.16. The van der Waals surface area contributed by atoms with Crippen LogP contribution in [0.4, 0.5) is 0 Å². The van der Waals surface area contributed by atoms with Crippen LogP contribution in [-0.2, 0) is 0 Å². The lowest BCUT2D eigenvalue weighted by molar-refractivity contribution is 0.401. The van der Waals surface area contributed by atoms with Gasteiger partial charge in [0.05, 0.1) is 16.5 Å². The molecular formula is C12H16BrNOS. The molecule has 88 valence electrons. The lowest BCUT2D eigenvalue weighted by Crippen LogP contribution is -2.08. The van der Waals surface area contributed by atoms with Gasteiger partial charge in [0.15, 0.2) is 0 Å². The molecule has 1 heterocycles. The SMILES string of the molecule is COc1c(Br)cc(C2CCNC2)cc1SC. The molecule has 1 aliphatic heterocycles. The highest BCUT2D eigenvalue weighted by molar-refractivity contribution is 9.10. The molecule has 0 radical (unpaired) electrons. The minimum absolute atomic E-state index is 0.646. The molecule has 1 N–H and O–H groups in total. The Bertz CT molecular complexity index is 378. The predicted octanol–water partition coefficient (Wildman–Crippen LogP) is 3.26. The molecule has 0 spiro atoms. The summed E-state index contributed by atoms with van der Waals surface area (Å²) in [5.74, 6) is 1.59. The smallest absolute Gasteiger partial charge is 0.146 e. The molecule has 1 aliphatic rings. The Morgan fingerprint density at radius 3 is 2.88 bits per heavy atom. The van der Waals surface area contributed by atoms with E-state index in [2.05, 4.69) is 39.6 Å². The van der Waals surface area contributed by atoms with Crippen LogP contribution in [0.25, 0.3) is 0 Å². The first-order chi connectivity index (χ1) is 7.76. The first kappa shape index (κ1) is 12.3. The maximum absolute atomic E-state index is 5.40. The van der Waals surface area contributed by atoms with E-state index in [0.717, 1.165) is 23.3 Å². The van der Waals surface area contributed by atoms with Gasteiger partial charge in [-0.3, -0.25) is 0 Å². The largest absolute Gasteiger partial charge is 0.494 e. The van der Waals surface area contributed by atoms with E-state index in [9.17, 15) is 0 Å². The number of halogens is 1. The van der Waals surface area contributed by atoms with Gasteiger partial charge in [-0.15, -0.1) is 11.8 Å². The van der Waals surface area contributed by atoms with Crippen LogP contribution >= 0.6 is 27.7 Å². The maximum Gasteiger partial charge on any atom is 0.146 e. The van der Waals surface area contributed by atoms with E-state index in [1.807, 2.05) is 0 Å². The first-order valence-corrected chi connectivity index (χ1v) is 7.40. The molecule has 1 aromatic rings. The van der Waals surface area contributed by atoms with Crippen molar-refractivity contribution in [3.05, 3.63) is 22.2 Å². The summed E-state index contributed by atoms with van der Waals surface area (Å²) in [7, 11) is 1.72. The summed E-state index contributed by atoms with van der Waals surface area (Å²) < 4.78 is 6.46. The normalized spacial score (nSPS) is 20.1. The van der Waals surface area contributed by atoms with Gasteiger partial charge in [-0.05, 0) is 58.8 Å². The van der Waals surface area contributed by atoms with Crippen molar-refractivity contribution in [2.24, 2.45) is 0 Å². The third kappa shape index (κ3) is 2.39. The monoisotopic (exact) mass is 301 g/mol. The van der Waals surface area contributed by atoms with Crippen LogP contribution in [0.2, 0.25) is 0 Å². The summed E-state index contributed by atoms with van der Waals surface area (Å²) in [6.45, 7) is 2.22. The Balaban J connectivity index is 2.36. The second-order valence-electron chi connectivity index (χ2n) is 3.93. The molecular weight excluding hydrogens is 286 g/mol. The quantitative estimate of drug-likeness (QED) is 0.866. The molecule has 1 unspecified atom stereocenters. The second-order valence-corrected chi connectivity index (χ2v) is 5.63. The van der Waals surface area contributed by atoms with Crippen LogP contribution in [0.5, 0.6) is 5.75 Å². The van der Waals surface area contributed by atoms with Crippen LogP contribution in [0.1, 0.15) is 17.9 Å². The van der Waals surface area contributed by atoms with Crippen molar-refractivity contribution in [1.29, 1.82) is 0 Å². The summed E-state index contributed by atoms with van der Waals surface area (Å²) >= 11 is 5.32. The number of thioether (sulfide) groups is 1. The Morgan fingerprint density at radius 2 is 2.31 bits per heavy atom. The van der Waals surface area contributed by atoms with Crippen molar-refractivity contribution in [3.8, 4) is 5.75 Å². The van der Waals surface area contributed by atoms with E-state index in [4.69, 9.17) is 4.74 Å². The molecule has 0 aromatic heterocycles. The number of ether oxygens (including phenoxy) is 1. The summed E-state index contributed by atoms with van der Waals surface area (Å²) in [4.78, 5) is 1.21. The minimum atomic E-state index is 0.646. The highest BCUT2D eigenvalue weighted by atomic mass is 79.9. The number of hydrogen-bond acceptors (Lipinski definition) is 3. The molecule has 0 bridgehead atoms. The predicted molar refractivity (Wildman–Crippen MR) is 72.7 cm³/mol. The molecule has 1 atom stereocenters. The van der Waals surface area contributed by atoms with Crippen molar-refractivity contribution >= 4 is 27.7 Å². The number of methoxy groups -OCH3 is 1. The van der Waals surface area contributed by atoms with Crippen molar-refractivity contribution in [3.63, 3.8) is 0 Å². The van der Waals surface area contributed by atoms with Gasteiger partial charge in [0.25, 0.3) is 0 Å². The average molecular weight is 302 g/mol. The van der Waals surface area contributed by atoms with E-state index in [-0.39, 0.29) is 0 Å². The van der Waals surface area contributed by atoms with Gasteiger partial charge in [-0.25, -0.2) is 0 Å². The first-order valence-electron chi connectivity index (χ1n) is 5.38. The number of hydrogen-bond donors (Lipinski definition) is 1. The molecule has 2 rings (SSSR count). The van der Waals surface area contributed by atoms with Gasteiger partial charge in [0.1, 0.15) is 5.75 Å². The second kappa shape index (κ2) is 5.43. The zero-order valence-corrected chi connectivity index (χ0v) is 12.0. The molecule has 1 fully saturated rings. The van der Waals surface area contributed by atoms with Crippen LogP contribution < -0.4 is 10.1 Å². The van der Waals surface area contributed by atoms with Crippen LogP contribution in [0.15, 0.2) is 21.5 Å². The van der Waals surface area contributed by atoms with E-state index >= 15 is 0 Å². The van der Waals surface area contributed by atoms with Crippen molar-refractivity contribution < 1.29 is 4.74 Å². The van der Waals surface area contributed by atoms with E-state index in [1.165, 1.54) is 16.9 Å². The molecule has 4 heteroatoms. The number of nitrogens with one attached hydrogen (secondary N) is 1. The third-order valence-electron chi connectivity index (χ3n) is 2.99.